The zero-order chi connectivity index (χ0) is 25.5. The van der Waals surface area contributed by atoms with Gasteiger partial charge in [-0.25, -0.2) is 17.5 Å². The summed E-state index contributed by atoms with van der Waals surface area (Å²) in [7, 11) is 0.572. The molecule has 1 unspecified atom stereocenters. The van der Waals surface area contributed by atoms with Gasteiger partial charge in [-0.1, -0.05) is 42.5 Å². The Kier molecular flexibility index (Phi) is 8.61. The molecule has 0 radical (unpaired) electrons. The number of halogens is 1. The number of piperazine rings is 1. The molecule has 6 nitrogen and oxygen atoms in total. The van der Waals surface area contributed by atoms with Crippen LogP contribution < -0.4 is 14.5 Å². The Labute approximate surface area is 214 Å². The topological polar surface area (TPSA) is 55.9 Å². The summed E-state index contributed by atoms with van der Waals surface area (Å²) in [6.45, 7) is 3.46. The first-order valence-corrected chi connectivity index (χ1v) is 14.0. The first-order valence-electron chi connectivity index (χ1n) is 12.3. The molecule has 1 atom stereocenters. The fourth-order valence-corrected chi connectivity index (χ4v) is 5.63. The van der Waals surface area contributed by atoms with Gasteiger partial charge in [-0.2, -0.15) is 0 Å². The van der Waals surface area contributed by atoms with Crippen LogP contribution in [0.3, 0.4) is 0 Å². The fraction of sp³-hybridized carbons (Fsp3) is 0.357. The lowest BCUT2D eigenvalue weighted by atomic mass is 10.0. The normalized spacial score (nSPS) is 15.6. The molecule has 0 aliphatic carbocycles. The zero-order valence-electron chi connectivity index (χ0n) is 21.0. The molecule has 4 rings (SSSR count). The molecule has 3 aromatic carbocycles. The van der Waals surface area contributed by atoms with Crippen molar-refractivity contribution in [2.24, 2.45) is 0 Å². The van der Waals surface area contributed by atoms with E-state index in [0.717, 1.165) is 48.7 Å². The van der Waals surface area contributed by atoms with Crippen molar-refractivity contribution < 1.29 is 12.8 Å². The maximum Gasteiger partial charge on any atom is 0.211 e. The predicted molar refractivity (Wildman–Crippen MR) is 146 cm³/mol. The van der Waals surface area contributed by atoms with E-state index >= 15 is 0 Å². The van der Waals surface area contributed by atoms with Gasteiger partial charge in [0.05, 0.1) is 5.75 Å². The molecular weight excluding hydrogens is 475 g/mol. The van der Waals surface area contributed by atoms with Gasteiger partial charge in [0.2, 0.25) is 10.0 Å². The molecule has 1 aliphatic rings. The summed E-state index contributed by atoms with van der Waals surface area (Å²) in [5.74, 6) is -0.181. The maximum atomic E-state index is 13.3. The SMILES string of the molecule is CN(C)c1ccc(C(CNS(=O)(=O)CCc2ccccc2)N2CCN(c3ccc(F)cc3)CC2)cc1. The zero-order valence-corrected chi connectivity index (χ0v) is 21.8. The second-order valence-corrected chi connectivity index (χ2v) is 11.3. The molecule has 8 heteroatoms. The third-order valence-electron chi connectivity index (χ3n) is 6.74. The van der Waals surface area contributed by atoms with Gasteiger partial charge in [0.1, 0.15) is 5.82 Å². The summed E-state index contributed by atoms with van der Waals surface area (Å²) < 4.78 is 41.9. The van der Waals surface area contributed by atoms with Crippen molar-refractivity contribution in [3.63, 3.8) is 0 Å². The van der Waals surface area contributed by atoms with Crippen molar-refractivity contribution in [3.05, 3.63) is 95.8 Å². The van der Waals surface area contributed by atoms with Gasteiger partial charge in [0.15, 0.2) is 0 Å². The molecular formula is C28H35FN4O2S. The molecule has 1 aliphatic heterocycles. The highest BCUT2D eigenvalue weighted by Gasteiger charge is 2.27. The Morgan fingerprint density at radius 3 is 2.14 bits per heavy atom. The number of rotatable bonds is 10. The molecule has 1 fully saturated rings. The molecule has 0 amide bonds. The van der Waals surface area contributed by atoms with Crippen LogP contribution in [-0.4, -0.2) is 65.9 Å². The lowest BCUT2D eigenvalue weighted by molar-refractivity contribution is 0.187. The number of aryl methyl sites for hydroxylation is 1. The number of anilines is 2. The third kappa shape index (κ3) is 7.06. The van der Waals surface area contributed by atoms with Crippen LogP contribution in [0.2, 0.25) is 0 Å². The van der Waals surface area contributed by atoms with Gasteiger partial charge in [0, 0.05) is 64.2 Å². The van der Waals surface area contributed by atoms with E-state index < -0.39 is 10.0 Å². The molecule has 1 N–H and O–H groups in total. The minimum atomic E-state index is -3.43. The van der Waals surface area contributed by atoms with E-state index in [1.807, 2.05) is 61.5 Å². The predicted octanol–water partition coefficient (Wildman–Crippen LogP) is 3.92. The van der Waals surface area contributed by atoms with Crippen molar-refractivity contribution >= 4 is 21.4 Å². The van der Waals surface area contributed by atoms with E-state index in [0.29, 0.717) is 13.0 Å². The average molecular weight is 511 g/mol. The largest absolute Gasteiger partial charge is 0.378 e. The number of nitrogens with one attached hydrogen (secondary N) is 1. The molecule has 1 heterocycles. The minimum absolute atomic E-state index is 0.0572. The molecule has 0 aromatic heterocycles. The van der Waals surface area contributed by atoms with Crippen LogP contribution in [-0.2, 0) is 16.4 Å². The summed E-state index contributed by atoms with van der Waals surface area (Å²) in [6, 6.07) is 24.5. The van der Waals surface area contributed by atoms with E-state index in [9.17, 15) is 12.8 Å². The van der Waals surface area contributed by atoms with Crippen molar-refractivity contribution in [1.29, 1.82) is 0 Å². The second-order valence-electron chi connectivity index (χ2n) is 9.40. The van der Waals surface area contributed by atoms with Gasteiger partial charge in [-0.3, -0.25) is 4.90 Å². The molecule has 0 spiro atoms. The van der Waals surface area contributed by atoms with E-state index in [1.165, 1.54) is 12.1 Å². The highest BCUT2D eigenvalue weighted by Crippen LogP contribution is 2.26. The molecule has 3 aromatic rings. The first kappa shape index (κ1) is 26.1. The number of benzene rings is 3. The van der Waals surface area contributed by atoms with Crippen LogP contribution >= 0.6 is 0 Å². The third-order valence-corrected chi connectivity index (χ3v) is 8.09. The number of nitrogens with zero attached hydrogens (tertiary/aromatic N) is 3. The Balaban J connectivity index is 1.44. The Morgan fingerprint density at radius 2 is 1.53 bits per heavy atom. The number of hydrogen-bond acceptors (Lipinski definition) is 5. The van der Waals surface area contributed by atoms with Crippen molar-refractivity contribution in [2.45, 2.75) is 12.5 Å². The van der Waals surface area contributed by atoms with Gasteiger partial charge in [-0.05, 0) is 53.9 Å². The van der Waals surface area contributed by atoms with Crippen LogP contribution in [0, 0.1) is 5.82 Å². The van der Waals surface area contributed by atoms with Crippen LogP contribution in [0.1, 0.15) is 17.2 Å². The van der Waals surface area contributed by atoms with Gasteiger partial charge < -0.3 is 9.80 Å². The van der Waals surface area contributed by atoms with Crippen molar-refractivity contribution in [3.8, 4) is 0 Å². The first-order chi connectivity index (χ1) is 17.3. The van der Waals surface area contributed by atoms with E-state index in [2.05, 4.69) is 38.8 Å². The number of sulfonamides is 1. The smallest absolute Gasteiger partial charge is 0.211 e. The van der Waals surface area contributed by atoms with Gasteiger partial charge >= 0.3 is 0 Å². The van der Waals surface area contributed by atoms with Crippen LogP contribution in [0.5, 0.6) is 0 Å². The summed E-state index contributed by atoms with van der Waals surface area (Å²) >= 11 is 0. The Hall–Kier alpha value is -2.94. The lowest BCUT2D eigenvalue weighted by Gasteiger charge is -2.40. The van der Waals surface area contributed by atoms with Crippen molar-refractivity contribution in [2.75, 3.05) is 62.4 Å². The maximum absolute atomic E-state index is 13.3. The molecule has 36 heavy (non-hydrogen) atoms. The molecule has 1 saturated heterocycles. The summed E-state index contributed by atoms with van der Waals surface area (Å²) in [5, 5.41) is 0. The Morgan fingerprint density at radius 1 is 0.889 bits per heavy atom. The van der Waals surface area contributed by atoms with E-state index in [-0.39, 0.29) is 17.6 Å². The fourth-order valence-electron chi connectivity index (χ4n) is 4.57. The molecule has 0 saturated carbocycles. The molecule has 192 valence electrons. The minimum Gasteiger partial charge on any atom is -0.378 e. The summed E-state index contributed by atoms with van der Waals surface area (Å²) in [6.07, 6.45) is 0.481. The quantitative estimate of drug-likeness (QED) is 0.448. The van der Waals surface area contributed by atoms with Crippen LogP contribution in [0.4, 0.5) is 15.8 Å². The average Bonchev–Trinajstić information content (AvgIpc) is 2.89. The Bertz CT molecular complexity index is 1190. The van der Waals surface area contributed by atoms with Gasteiger partial charge in [-0.15, -0.1) is 0 Å². The van der Waals surface area contributed by atoms with Crippen molar-refractivity contribution in [1.82, 2.24) is 9.62 Å². The summed E-state index contributed by atoms with van der Waals surface area (Å²) in [4.78, 5) is 6.63. The highest BCUT2D eigenvalue weighted by atomic mass is 32.2. The standard InChI is InChI=1S/C28H35FN4O2S/c1-31(2)26-12-8-24(9-13-26)28(22-30-36(34,35)21-16-23-6-4-3-5-7-23)33-19-17-32(18-20-33)27-14-10-25(29)11-15-27/h3-15,28,30H,16-22H2,1-2H3. The lowest BCUT2D eigenvalue weighted by Crippen LogP contribution is -2.50. The van der Waals surface area contributed by atoms with E-state index in [1.54, 1.807) is 0 Å². The number of hydrogen-bond donors (Lipinski definition) is 1. The van der Waals surface area contributed by atoms with Crippen LogP contribution in [0.25, 0.3) is 0 Å². The monoisotopic (exact) mass is 510 g/mol. The molecule has 0 bridgehead atoms. The van der Waals surface area contributed by atoms with E-state index in [4.69, 9.17) is 0 Å². The second kappa shape index (κ2) is 11.9. The highest BCUT2D eigenvalue weighted by molar-refractivity contribution is 7.89. The van der Waals surface area contributed by atoms with Gasteiger partial charge in [0.25, 0.3) is 0 Å². The van der Waals surface area contributed by atoms with Crippen LogP contribution in [0.15, 0.2) is 78.9 Å². The summed E-state index contributed by atoms with van der Waals surface area (Å²) in [5.41, 5.74) is 4.20.